The van der Waals surface area contributed by atoms with E-state index in [1.165, 1.54) is 4.68 Å². The molecule has 7 heteroatoms. The Balaban J connectivity index is 1.47. The standard InChI is InChI=1S/C21H19ClN4O2/c22-19-18(25-16-8-9-16)13-24-26(21(19)28)17-10-6-15(7-11-17)20(27)23-12-14-4-2-1-3-5-14/h1-7,10-11,13,16,25H,8-9,12H2,(H,23,27). The van der Waals surface area contributed by atoms with Crippen molar-refractivity contribution in [2.75, 3.05) is 5.32 Å². The third kappa shape index (κ3) is 4.07. The van der Waals surface area contributed by atoms with Crippen molar-refractivity contribution < 1.29 is 4.79 Å². The first kappa shape index (κ1) is 18.3. The normalized spacial score (nSPS) is 13.2. The molecule has 0 bridgehead atoms. The van der Waals surface area contributed by atoms with Crippen LogP contribution in [-0.2, 0) is 6.54 Å². The van der Waals surface area contributed by atoms with Crippen LogP contribution >= 0.6 is 11.6 Å². The summed E-state index contributed by atoms with van der Waals surface area (Å²) in [5.41, 5.74) is 2.24. The minimum Gasteiger partial charge on any atom is -0.380 e. The summed E-state index contributed by atoms with van der Waals surface area (Å²) >= 11 is 6.20. The molecule has 3 aromatic rings. The molecule has 1 aliphatic rings. The minimum absolute atomic E-state index is 0.117. The molecule has 0 atom stereocenters. The lowest BCUT2D eigenvalue weighted by Gasteiger charge is -2.10. The molecular formula is C21H19ClN4O2. The SMILES string of the molecule is O=C(NCc1ccccc1)c1ccc(-n2ncc(NC3CC3)c(Cl)c2=O)cc1. The van der Waals surface area contributed by atoms with E-state index in [1.54, 1.807) is 30.5 Å². The molecule has 142 valence electrons. The Labute approximate surface area is 167 Å². The van der Waals surface area contributed by atoms with Crippen LogP contribution in [-0.4, -0.2) is 21.7 Å². The fourth-order valence-electron chi connectivity index (χ4n) is 2.80. The van der Waals surface area contributed by atoms with E-state index in [0.29, 0.717) is 29.5 Å². The molecule has 0 spiro atoms. The Kier molecular flexibility index (Phi) is 5.12. The maximum absolute atomic E-state index is 12.5. The van der Waals surface area contributed by atoms with E-state index in [2.05, 4.69) is 15.7 Å². The lowest BCUT2D eigenvalue weighted by molar-refractivity contribution is 0.0951. The van der Waals surface area contributed by atoms with Gasteiger partial charge in [-0.15, -0.1) is 0 Å². The average Bonchev–Trinajstić information content (AvgIpc) is 3.55. The number of carbonyl (C=O) groups excluding carboxylic acids is 1. The van der Waals surface area contributed by atoms with E-state index < -0.39 is 5.56 Å². The molecule has 1 fully saturated rings. The lowest BCUT2D eigenvalue weighted by Crippen LogP contribution is -2.24. The Morgan fingerprint density at radius 3 is 2.50 bits per heavy atom. The fraction of sp³-hybridized carbons (Fsp3) is 0.190. The molecule has 1 heterocycles. The van der Waals surface area contributed by atoms with Gasteiger partial charge >= 0.3 is 0 Å². The van der Waals surface area contributed by atoms with E-state index in [1.807, 2.05) is 30.3 Å². The van der Waals surface area contributed by atoms with Gasteiger partial charge < -0.3 is 10.6 Å². The second-order valence-corrected chi connectivity index (χ2v) is 7.10. The first-order valence-electron chi connectivity index (χ1n) is 9.09. The van der Waals surface area contributed by atoms with E-state index in [0.717, 1.165) is 18.4 Å². The van der Waals surface area contributed by atoms with E-state index in [4.69, 9.17) is 11.6 Å². The predicted molar refractivity (Wildman–Crippen MR) is 109 cm³/mol. The molecule has 1 aliphatic carbocycles. The van der Waals surface area contributed by atoms with Crippen molar-refractivity contribution in [1.29, 1.82) is 0 Å². The van der Waals surface area contributed by atoms with Crippen molar-refractivity contribution in [3.63, 3.8) is 0 Å². The molecule has 4 rings (SSSR count). The van der Waals surface area contributed by atoms with Crippen LogP contribution in [0.2, 0.25) is 5.02 Å². The summed E-state index contributed by atoms with van der Waals surface area (Å²) in [5, 5.41) is 10.4. The van der Waals surface area contributed by atoms with Gasteiger partial charge in [0.25, 0.3) is 11.5 Å². The van der Waals surface area contributed by atoms with Crippen LogP contribution in [0.1, 0.15) is 28.8 Å². The second-order valence-electron chi connectivity index (χ2n) is 6.72. The molecular weight excluding hydrogens is 376 g/mol. The van der Waals surface area contributed by atoms with Crippen molar-refractivity contribution >= 4 is 23.2 Å². The summed E-state index contributed by atoms with van der Waals surface area (Å²) in [5.74, 6) is -0.183. The largest absolute Gasteiger partial charge is 0.380 e. The summed E-state index contributed by atoms with van der Waals surface area (Å²) in [4.78, 5) is 24.8. The van der Waals surface area contributed by atoms with E-state index in [-0.39, 0.29) is 10.9 Å². The number of rotatable bonds is 6. The molecule has 0 radical (unpaired) electrons. The van der Waals surface area contributed by atoms with Crippen LogP contribution < -0.4 is 16.2 Å². The number of nitrogens with zero attached hydrogens (tertiary/aromatic N) is 2. The molecule has 1 aromatic heterocycles. The molecule has 28 heavy (non-hydrogen) atoms. The molecule has 1 saturated carbocycles. The number of aromatic nitrogens is 2. The summed E-state index contributed by atoms with van der Waals surface area (Å²) in [6.45, 7) is 0.452. The highest BCUT2D eigenvalue weighted by molar-refractivity contribution is 6.33. The van der Waals surface area contributed by atoms with Crippen LogP contribution in [0.3, 0.4) is 0 Å². The van der Waals surface area contributed by atoms with Gasteiger partial charge in [-0.05, 0) is 42.7 Å². The topological polar surface area (TPSA) is 76.0 Å². The van der Waals surface area contributed by atoms with Crippen molar-refractivity contribution in [3.8, 4) is 5.69 Å². The number of benzene rings is 2. The zero-order chi connectivity index (χ0) is 19.5. The minimum atomic E-state index is -0.395. The van der Waals surface area contributed by atoms with Gasteiger partial charge in [-0.3, -0.25) is 9.59 Å². The number of hydrogen-bond acceptors (Lipinski definition) is 4. The van der Waals surface area contributed by atoms with Gasteiger partial charge in [0.1, 0.15) is 5.02 Å². The third-order valence-corrected chi connectivity index (χ3v) is 4.89. The number of halogens is 1. The summed E-state index contributed by atoms with van der Waals surface area (Å²) in [6, 6.07) is 16.7. The third-order valence-electron chi connectivity index (χ3n) is 4.53. The number of nitrogens with one attached hydrogen (secondary N) is 2. The Bertz CT molecular complexity index is 1040. The van der Waals surface area contributed by atoms with Gasteiger partial charge in [-0.1, -0.05) is 41.9 Å². The van der Waals surface area contributed by atoms with Crippen molar-refractivity contribution in [2.45, 2.75) is 25.4 Å². The zero-order valence-electron chi connectivity index (χ0n) is 15.1. The summed E-state index contributed by atoms with van der Waals surface area (Å²) in [6.07, 6.45) is 3.71. The van der Waals surface area contributed by atoms with Crippen LogP contribution in [0.4, 0.5) is 5.69 Å². The fourth-order valence-corrected chi connectivity index (χ4v) is 2.98. The molecule has 1 amide bonds. The van der Waals surface area contributed by atoms with Gasteiger partial charge in [-0.2, -0.15) is 9.78 Å². The molecule has 0 unspecified atom stereocenters. The van der Waals surface area contributed by atoms with Gasteiger partial charge in [0.15, 0.2) is 0 Å². The highest BCUT2D eigenvalue weighted by Gasteiger charge is 2.23. The van der Waals surface area contributed by atoms with Crippen LogP contribution in [0.5, 0.6) is 0 Å². The molecule has 6 nitrogen and oxygen atoms in total. The van der Waals surface area contributed by atoms with Gasteiger partial charge in [0, 0.05) is 18.2 Å². The van der Waals surface area contributed by atoms with Crippen molar-refractivity contribution in [2.24, 2.45) is 0 Å². The quantitative estimate of drug-likeness (QED) is 0.672. The summed E-state index contributed by atoms with van der Waals surface area (Å²) in [7, 11) is 0. The van der Waals surface area contributed by atoms with Crippen molar-refractivity contribution in [1.82, 2.24) is 15.1 Å². The smallest absolute Gasteiger partial charge is 0.292 e. The molecule has 2 N–H and O–H groups in total. The second kappa shape index (κ2) is 7.86. The molecule has 0 aliphatic heterocycles. The average molecular weight is 395 g/mol. The maximum Gasteiger partial charge on any atom is 0.292 e. The highest BCUT2D eigenvalue weighted by atomic mass is 35.5. The predicted octanol–water partition coefficient (Wildman–Crippen LogP) is 3.39. The van der Waals surface area contributed by atoms with E-state index in [9.17, 15) is 9.59 Å². The number of carbonyl (C=O) groups is 1. The van der Waals surface area contributed by atoms with E-state index >= 15 is 0 Å². The highest BCUT2D eigenvalue weighted by Crippen LogP contribution is 2.27. The molecule has 2 aromatic carbocycles. The number of hydrogen-bond donors (Lipinski definition) is 2. The van der Waals surface area contributed by atoms with Gasteiger partial charge in [0.2, 0.25) is 0 Å². The number of anilines is 1. The van der Waals surface area contributed by atoms with Crippen molar-refractivity contribution in [3.05, 3.63) is 87.3 Å². The first-order chi connectivity index (χ1) is 13.6. The Morgan fingerprint density at radius 1 is 1.11 bits per heavy atom. The Hall–Kier alpha value is -3.12. The lowest BCUT2D eigenvalue weighted by atomic mass is 10.1. The number of amides is 1. The van der Waals surface area contributed by atoms with Gasteiger partial charge in [0.05, 0.1) is 17.6 Å². The monoisotopic (exact) mass is 394 g/mol. The molecule has 0 saturated heterocycles. The van der Waals surface area contributed by atoms with Gasteiger partial charge in [-0.25, -0.2) is 0 Å². The summed E-state index contributed by atoms with van der Waals surface area (Å²) < 4.78 is 1.23. The van der Waals surface area contributed by atoms with Crippen LogP contribution in [0.15, 0.2) is 65.6 Å². The van der Waals surface area contributed by atoms with Crippen LogP contribution in [0.25, 0.3) is 5.69 Å². The van der Waals surface area contributed by atoms with Crippen LogP contribution in [0, 0.1) is 0 Å². The zero-order valence-corrected chi connectivity index (χ0v) is 15.8. The Morgan fingerprint density at radius 2 is 1.82 bits per heavy atom. The first-order valence-corrected chi connectivity index (χ1v) is 9.46. The maximum atomic E-state index is 12.5.